The van der Waals surface area contributed by atoms with Gasteiger partial charge < -0.3 is 15.0 Å². The summed E-state index contributed by atoms with van der Waals surface area (Å²) < 4.78 is 33.1. The summed E-state index contributed by atoms with van der Waals surface area (Å²) in [7, 11) is 1.72. The Hall–Kier alpha value is -3.07. The van der Waals surface area contributed by atoms with Crippen molar-refractivity contribution in [2.24, 2.45) is 0 Å². The van der Waals surface area contributed by atoms with Crippen molar-refractivity contribution in [2.45, 2.75) is 31.4 Å². The summed E-state index contributed by atoms with van der Waals surface area (Å²) >= 11 is 0. The van der Waals surface area contributed by atoms with Crippen molar-refractivity contribution in [3.63, 3.8) is 0 Å². The second-order valence-electron chi connectivity index (χ2n) is 6.96. The van der Waals surface area contributed by atoms with Crippen LogP contribution in [0.3, 0.4) is 0 Å². The predicted molar refractivity (Wildman–Crippen MR) is 100 cm³/mol. The van der Waals surface area contributed by atoms with Crippen molar-refractivity contribution < 1.29 is 13.5 Å². The van der Waals surface area contributed by atoms with Crippen LogP contribution in [0.15, 0.2) is 36.9 Å². The lowest BCUT2D eigenvalue weighted by molar-refractivity contribution is 0.0327. The molecule has 9 heteroatoms. The van der Waals surface area contributed by atoms with Gasteiger partial charge in [-0.2, -0.15) is 4.98 Å². The number of ether oxygens (including phenoxy) is 1. The molecule has 0 bridgehead atoms. The van der Waals surface area contributed by atoms with E-state index in [4.69, 9.17) is 4.74 Å². The zero-order chi connectivity index (χ0) is 19.3. The third-order valence-electron chi connectivity index (χ3n) is 5.26. The number of alkyl halides is 2. The summed E-state index contributed by atoms with van der Waals surface area (Å²) in [6.45, 7) is 0. The highest BCUT2D eigenvalue weighted by atomic mass is 19.3. The Bertz CT molecular complexity index is 1150. The molecule has 144 valence electrons. The van der Waals surface area contributed by atoms with E-state index in [1.54, 1.807) is 25.6 Å². The van der Waals surface area contributed by atoms with Crippen LogP contribution in [0.25, 0.3) is 27.8 Å². The molecule has 5 rings (SSSR count). The van der Waals surface area contributed by atoms with Gasteiger partial charge in [0.05, 0.1) is 12.3 Å². The third kappa shape index (κ3) is 2.78. The molecule has 0 atom stereocenters. The Morgan fingerprint density at radius 1 is 1.25 bits per heavy atom. The number of hydrogen-bond donors (Lipinski definition) is 2. The van der Waals surface area contributed by atoms with Crippen LogP contribution in [0.4, 0.5) is 14.7 Å². The normalized spacial score (nSPS) is 19.4. The first kappa shape index (κ1) is 17.1. The molecule has 2 N–H and O–H groups in total. The molecule has 1 aliphatic carbocycles. The molecule has 0 saturated heterocycles. The fourth-order valence-corrected chi connectivity index (χ4v) is 3.59. The van der Waals surface area contributed by atoms with Gasteiger partial charge >= 0.3 is 0 Å². The minimum absolute atomic E-state index is 0.130. The van der Waals surface area contributed by atoms with Crippen LogP contribution in [-0.4, -0.2) is 43.6 Å². The van der Waals surface area contributed by atoms with Gasteiger partial charge in [-0.05, 0) is 25.0 Å². The zero-order valence-corrected chi connectivity index (χ0v) is 15.1. The largest absolute Gasteiger partial charge is 0.381 e. The molecule has 1 saturated carbocycles. The highest BCUT2D eigenvalue weighted by Crippen LogP contribution is 2.30. The molecular weight excluding hydrogens is 366 g/mol. The van der Waals surface area contributed by atoms with Gasteiger partial charge in [-0.25, -0.2) is 18.7 Å². The van der Waals surface area contributed by atoms with Gasteiger partial charge in [-0.1, -0.05) is 0 Å². The average molecular weight is 384 g/mol. The van der Waals surface area contributed by atoms with Gasteiger partial charge in [-0.3, -0.25) is 4.40 Å². The number of imidazole rings is 1. The molecule has 0 amide bonds. The maximum absolute atomic E-state index is 13.2. The van der Waals surface area contributed by atoms with Crippen LogP contribution < -0.4 is 5.32 Å². The number of pyridine rings is 1. The lowest BCUT2D eigenvalue weighted by Crippen LogP contribution is -2.40. The molecule has 0 aromatic carbocycles. The minimum Gasteiger partial charge on any atom is -0.381 e. The van der Waals surface area contributed by atoms with E-state index in [1.807, 2.05) is 12.3 Å². The van der Waals surface area contributed by atoms with Crippen LogP contribution in [0.1, 0.15) is 25.0 Å². The molecule has 4 aromatic heterocycles. The molecule has 4 aromatic rings. The molecule has 1 fully saturated rings. The van der Waals surface area contributed by atoms with Crippen LogP contribution >= 0.6 is 0 Å². The number of halogens is 2. The maximum atomic E-state index is 13.2. The number of nitrogens with zero attached hydrogens (tertiary/aromatic N) is 4. The first-order valence-electron chi connectivity index (χ1n) is 9.01. The lowest BCUT2D eigenvalue weighted by Gasteiger charge is -2.34. The summed E-state index contributed by atoms with van der Waals surface area (Å²) in [4.78, 5) is 16.1. The summed E-state index contributed by atoms with van der Waals surface area (Å²) in [5.74, 6) is 0.561. The number of methoxy groups -OCH3 is 1. The highest BCUT2D eigenvalue weighted by Gasteiger charge is 2.29. The third-order valence-corrected chi connectivity index (χ3v) is 5.26. The van der Waals surface area contributed by atoms with Gasteiger partial charge in [0.25, 0.3) is 6.43 Å². The van der Waals surface area contributed by atoms with E-state index in [0.29, 0.717) is 29.4 Å². The van der Waals surface area contributed by atoms with Crippen molar-refractivity contribution in [3.8, 4) is 11.1 Å². The Morgan fingerprint density at radius 3 is 2.89 bits per heavy atom. The monoisotopic (exact) mass is 384 g/mol. The van der Waals surface area contributed by atoms with Crippen LogP contribution in [0.2, 0.25) is 0 Å². The fraction of sp³-hybridized carbons (Fsp3) is 0.316. The summed E-state index contributed by atoms with van der Waals surface area (Å²) in [5, 5.41) is 4.13. The Labute approximate surface area is 158 Å². The summed E-state index contributed by atoms with van der Waals surface area (Å²) in [6.07, 6.45) is 6.01. The van der Waals surface area contributed by atoms with Crippen molar-refractivity contribution in [1.29, 1.82) is 0 Å². The van der Waals surface area contributed by atoms with Crippen LogP contribution in [0, 0.1) is 0 Å². The fourth-order valence-electron chi connectivity index (χ4n) is 3.59. The van der Waals surface area contributed by atoms with E-state index >= 15 is 0 Å². The molecule has 0 aliphatic heterocycles. The number of aromatic amines is 1. The summed E-state index contributed by atoms with van der Waals surface area (Å²) in [5.41, 5.74) is 2.67. The Kier molecular flexibility index (Phi) is 3.97. The van der Waals surface area contributed by atoms with Gasteiger partial charge in [0.15, 0.2) is 0 Å². The second-order valence-corrected chi connectivity index (χ2v) is 6.96. The quantitative estimate of drug-likeness (QED) is 0.547. The number of rotatable bonds is 5. The minimum atomic E-state index is -2.59. The number of nitrogens with one attached hydrogen (secondary N) is 2. The number of aromatic nitrogens is 5. The van der Waals surface area contributed by atoms with Gasteiger partial charge in [-0.15, -0.1) is 0 Å². The molecule has 4 heterocycles. The van der Waals surface area contributed by atoms with E-state index in [-0.39, 0.29) is 5.69 Å². The molecule has 0 radical (unpaired) electrons. The van der Waals surface area contributed by atoms with Crippen LogP contribution in [0.5, 0.6) is 0 Å². The Balaban J connectivity index is 1.46. The number of H-pyrrole nitrogens is 1. The van der Waals surface area contributed by atoms with E-state index in [0.717, 1.165) is 29.4 Å². The first-order chi connectivity index (χ1) is 13.6. The van der Waals surface area contributed by atoms with Crippen molar-refractivity contribution >= 4 is 22.6 Å². The molecule has 0 spiro atoms. The molecule has 1 aliphatic rings. The predicted octanol–water partition coefficient (Wildman–Crippen LogP) is 3.80. The average Bonchev–Trinajstić information content (AvgIpc) is 3.27. The van der Waals surface area contributed by atoms with Crippen molar-refractivity contribution in [1.82, 2.24) is 24.3 Å². The maximum Gasteiger partial charge on any atom is 0.280 e. The zero-order valence-electron chi connectivity index (χ0n) is 15.1. The number of fused-ring (bicyclic) bond motifs is 2. The van der Waals surface area contributed by atoms with E-state index in [1.165, 1.54) is 10.6 Å². The number of hydrogen-bond acceptors (Lipinski definition) is 5. The standard InChI is InChI=1S/C19H18F2N6O/c1-28-12-4-11(5-12)25-19-24-7-14-13(6-23-18(14)26-19)10-2-3-16-22-8-15(17(20)21)27(16)9-10/h2-3,6-9,11-12,17H,4-5H2,1H3,(H2,23,24,25,26). The SMILES string of the molecule is COC1CC(Nc2ncc3c(-c4ccc5ncc(C(F)F)n5c4)c[nH]c3n2)C1. The van der Waals surface area contributed by atoms with E-state index in [9.17, 15) is 8.78 Å². The Morgan fingerprint density at radius 2 is 2.11 bits per heavy atom. The number of anilines is 1. The molecule has 0 unspecified atom stereocenters. The smallest absolute Gasteiger partial charge is 0.280 e. The van der Waals surface area contributed by atoms with Gasteiger partial charge in [0.1, 0.15) is 17.0 Å². The second kappa shape index (κ2) is 6.52. The molecule has 28 heavy (non-hydrogen) atoms. The lowest BCUT2D eigenvalue weighted by atomic mass is 9.89. The van der Waals surface area contributed by atoms with Crippen LogP contribution in [-0.2, 0) is 4.74 Å². The van der Waals surface area contributed by atoms with Crippen molar-refractivity contribution in [3.05, 3.63) is 42.6 Å². The van der Waals surface area contributed by atoms with Gasteiger partial charge in [0, 0.05) is 48.3 Å². The highest BCUT2D eigenvalue weighted by molar-refractivity contribution is 5.93. The first-order valence-corrected chi connectivity index (χ1v) is 9.01. The summed E-state index contributed by atoms with van der Waals surface area (Å²) in [6, 6.07) is 3.89. The van der Waals surface area contributed by atoms with Gasteiger partial charge in [0.2, 0.25) is 5.95 Å². The van der Waals surface area contributed by atoms with E-state index < -0.39 is 6.43 Å². The van der Waals surface area contributed by atoms with E-state index in [2.05, 4.69) is 25.3 Å². The van der Waals surface area contributed by atoms with Crippen molar-refractivity contribution in [2.75, 3.05) is 12.4 Å². The topological polar surface area (TPSA) is 80.1 Å². The molecular formula is C19H18F2N6O. The molecule has 7 nitrogen and oxygen atoms in total.